The number of benzene rings is 1. The van der Waals surface area contributed by atoms with Crippen molar-refractivity contribution in [3.05, 3.63) is 34.9 Å². The van der Waals surface area contributed by atoms with Gasteiger partial charge in [-0.2, -0.15) is 0 Å². The molecular weight excluding hydrogens is 266 g/mol. The van der Waals surface area contributed by atoms with Crippen molar-refractivity contribution < 1.29 is 0 Å². The van der Waals surface area contributed by atoms with E-state index >= 15 is 0 Å². The summed E-state index contributed by atoms with van der Waals surface area (Å²) in [5.74, 6) is 1.48. The Hall–Kier alpha value is -0.530. The van der Waals surface area contributed by atoms with Crippen LogP contribution in [0.15, 0.2) is 24.3 Å². The smallest absolute Gasteiger partial charge is 0.0406 e. The molecule has 20 heavy (non-hydrogen) atoms. The van der Waals surface area contributed by atoms with Gasteiger partial charge in [0.05, 0.1) is 0 Å². The largest absolute Gasteiger partial charge is 0.303 e. The molecule has 1 heterocycles. The lowest BCUT2D eigenvalue weighted by Crippen LogP contribution is -2.22. The second-order valence-electron chi connectivity index (χ2n) is 6.56. The average Bonchev–Trinajstić information content (AvgIpc) is 2.93. The van der Waals surface area contributed by atoms with Crippen LogP contribution in [0.1, 0.15) is 57.4 Å². The van der Waals surface area contributed by atoms with Crippen LogP contribution >= 0.6 is 11.6 Å². The number of hydrogen-bond acceptors (Lipinski definition) is 1. The molecule has 0 amide bonds. The van der Waals surface area contributed by atoms with Gasteiger partial charge in [-0.25, -0.2) is 0 Å². The van der Waals surface area contributed by atoms with Crippen LogP contribution in [0.25, 0.3) is 0 Å². The normalized spacial score (nSPS) is 17.8. The highest BCUT2D eigenvalue weighted by Crippen LogP contribution is 2.28. The SMILES string of the molecule is CC(C)CC[C@H](CCN1CCCC1)c1ccc(Cl)cc1. The second kappa shape index (κ2) is 8.05. The quantitative estimate of drug-likeness (QED) is 0.655. The minimum atomic E-state index is 0.690. The molecule has 0 unspecified atom stereocenters. The van der Waals surface area contributed by atoms with E-state index in [1.54, 1.807) is 0 Å². The Kier molecular flexibility index (Phi) is 6.38. The van der Waals surface area contributed by atoms with Gasteiger partial charge in [0.25, 0.3) is 0 Å². The summed E-state index contributed by atoms with van der Waals surface area (Å²) in [4.78, 5) is 2.62. The third kappa shape index (κ3) is 5.10. The lowest BCUT2D eigenvalue weighted by Gasteiger charge is -2.22. The van der Waals surface area contributed by atoms with Gasteiger partial charge in [0.2, 0.25) is 0 Å². The molecule has 0 N–H and O–H groups in total. The lowest BCUT2D eigenvalue weighted by atomic mass is 9.88. The van der Waals surface area contributed by atoms with Crippen molar-refractivity contribution in [3.8, 4) is 0 Å². The minimum Gasteiger partial charge on any atom is -0.303 e. The van der Waals surface area contributed by atoms with Crippen LogP contribution in [0.4, 0.5) is 0 Å². The molecule has 0 radical (unpaired) electrons. The van der Waals surface area contributed by atoms with Crippen LogP contribution in [-0.4, -0.2) is 24.5 Å². The van der Waals surface area contributed by atoms with E-state index in [1.165, 1.54) is 57.3 Å². The first-order valence-corrected chi connectivity index (χ1v) is 8.51. The highest BCUT2D eigenvalue weighted by molar-refractivity contribution is 6.30. The molecule has 0 spiro atoms. The van der Waals surface area contributed by atoms with E-state index in [1.807, 2.05) is 12.1 Å². The lowest BCUT2D eigenvalue weighted by molar-refractivity contribution is 0.314. The third-order valence-corrected chi connectivity index (χ3v) is 4.68. The maximum atomic E-state index is 6.02. The fourth-order valence-electron chi connectivity index (χ4n) is 3.09. The van der Waals surface area contributed by atoms with Crippen molar-refractivity contribution in [1.29, 1.82) is 0 Å². The standard InChI is InChI=1S/C18H28ClN/c1-15(2)5-6-17(11-14-20-12-3-4-13-20)16-7-9-18(19)10-8-16/h7-10,15,17H,3-6,11-14H2,1-2H3/t17-/m1/s1. The first-order chi connectivity index (χ1) is 9.65. The van der Waals surface area contributed by atoms with Gasteiger partial charge in [-0.3, -0.25) is 0 Å². The Morgan fingerprint density at radius 2 is 1.65 bits per heavy atom. The molecule has 0 bridgehead atoms. The van der Waals surface area contributed by atoms with Crippen LogP contribution in [-0.2, 0) is 0 Å². The predicted octanol–water partition coefficient (Wildman–Crippen LogP) is 5.35. The van der Waals surface area contributed by atoms with Gasteiger partial charge in [0.15, 0.2) is 0 Å². The Morgan fingerprint density at radius 1 is 1.00 bits per heavy atom. The van der Waals surface area contributed by atoms with Crippen LogP contribution in [0.5, 0.6) is 0 Å². The summed E-state index contributed by atoms with van der Waals surface area (Å²) in [5, 5.41) is 0.843. The van der Waals surface area contributed by atoms with Gasteiger partial charge in [-0.05, 0) is 74.8 Å². The Morgan fingerprint density at radius 3 is 2.25 bits per heavy atom. The first kappa shape index (κ1) is 15.9. The highest BCUT2D eigenvalue weighted by Gasteiger charge is 2.16. The van der Waals surface area contributed by atoms with Crippen LogP contribution < -0.4 is 0 Å². The van der Waals surface area contributed by atoms with Crippen LogP contribution in [0, 0.1) is 5.92 Å². The van der Waals surface area contributed by atoms with E-state index < -0.39 is 0 Å². The van der Waals surface area contributed by atoms with Crippen molar-refractivity contribution in [2.24, 2.45) is 5.92 Å². The van der Waals surface area contributed by atoms with Crippen LogP contribution in [0.3, 0.4) is 0 Å². The Balaban J connectivity index is 1.93. The maximum Gasteiger partial charge on any atom is 0.0406 e. The van der Waals surface area contributed by atoms with Crippen molar-refractivity contribution in [3.63, 3.8) is 0 Å². The summed E-state index contributed by atoms with van der Waals surface area (Å²) in [5.41, 5.74) is 1.47. The molecule has 2 heteroatoms. The zero-order valence-electron chi connectivity index (χ0n) is 12.9. The topological polar surface area (TPSA) is 3.24 Å². The highest BCUT2D eigenvalue weighted by atomic mass is 35.5. The molecule has 112 valence electrons. The number of nitrogens with zero attached hydrogens (tertiary/aromatic N) is 1. The van der Waals surface area contributed by atoms with Crippen LogP contribution in [0.2, 0.25) is 5.02 Å². The molecule has 2 rings (SSSR count). The Bertz CT molecular complexity index is 379. The molecular formula is C18H28ClN. The van der Waals surface area contributed by atoms with Gasteiger partial charge in [0.1, 0.15) is 0 Å². The fraction of sp³-hybridized carbons (Fsp3) is 0.667. The summed E-state index contributed by atoms with van der Waals surface area (Å²) < 4.78 is 0. The maximum absolute atomic E-state index is 6.02. The molecule has 1 saturated heterocycles. The summed E-state index contributed by atoms with van der Waals surface area (Å²) in [6.45, 7) is 8.50. The fourth-order valence-corrected chi connectivity index (χ4v) is 3.22. The first-order valence-electron chi connectivity index (χ1n) is 8.13. The molecule has 1 nitrogen and oxygen atoms in total. The summed E-state index contributed by atoms with van der Waals surface area (Å²) in [6, 6.07) is 8.51. The van der Waals surface area contributed by atoms with Gasteiger partial charge in [-0.1, -0.05) is 44.0 Å². The number of rotatable bonds is 7. The van der Waals surface area contributed by atoms with Gasteiger partial charge in [0, 0.05) is 5.02 Å². The van der Waals surface area contributed by atoms with Crippen molar-refractivity contribution >= 4 is 11.6 Å². The van der Waals surface area contributed by atoms with E-state index in [-0.39, 0.29) is 0 Å². The van der Waals surface area contributed by atoms with Crippen molar-refractivity contribution in [1.82, 2.24) is 4.90 Å². The van der Waals surface area contributed by atoms with E-state index in [4.69, 9.17) is 11.6 Å². The molecule has 1 aromatic rings. The van der Waals surface area contributed by atoms with Gasteiger partial charge >= 0.3 is 0 Å². The molecule has 0 saturated carbocycles. The van der Waals surface area contributed by atoms with Gasteiger partial charge in [-0.15, -0.1) is 0 Å². The van der Waals surface area contributed by atoms with E-state index in [2.05, 4.69) is 30.9 Å². The average molecular weight is 294 g/mol. The molecule has 0 aromatic heterocycles. The Labute approximate surface area is 129 Å². The summed E-state index contributed by atoms with van der Waals surface area (Å²) in [7, 11) is 0. The zero-order chi connectivity index (χ0) is 14.4. The number of halogens is 1. The van der Waals surface area contributed by atoms with E-state index in [0.717, 1.165) is 10.9 Å². The number of hydrogen-bond donors (Lipinski definition) is 0. The molecule has 1 atom stereocenters. The van der Waals surface area contributed by atoms with E-state index in [0.29, 0.717) is 5.92 Å². The van der Waals surface area contributed by atoms with Crippen molar-refractivity contribution in [2.75, 3.05) is 19.6 Å². The molecule has 1 fully saturated rings. The second-order valence-corrected chi connectivity index (χ2v) is 6.99. The number of likely N-dealkylation sites (tertiary alicyclic amines) is 1. The zero-order valence-corrected chi connectivity index (χ0v) is 13.7. The van der Waals surface area contributed by atoms with E-state index in [9.17, 15) is 0 Å². The molecule has 1 aliphatic heterocycles. The van der Waals surface area contributed by atoms with Gasteiger partial charge < -0.3 is 4.90 Å². The molecule has 1 aromatic carbocycles. The predicted molar refractivity (Wildman–Crippen MR) is 88.6 cm³/mol. The summed E-state index contributed by atoms with van der Waals surface area (Å²) in [6.07, 6.45) is 6.67. The summed E-state index contributed by atoms with van der Waals surface area (Å²) >= 11 is 6.02. The molecule has 1 aliphatic rings. The molecule has 0 aliphatic carbocycles. The monoisotopic (exact) mass is 293 g/mol. The minimum absolute atomic E-state index is 0.690. The van der Waals surface area contributed by atoms with Crippen molar-refractivity contribution in [2.45, 2.75) is 51.9 Å². The third-order valence-electron chi connectivity index (χ3n) is 4.43.